The zero-order chi connectivity index (χ0) is 21.1. The SMILES string of the molecule is CCN(CC)CCN(C(=O)c1ccc(F)cc1Cl)c1nc2c(C)ccc(Cl)c2s1. The molecule has 0 bridgehead atoms. The van der Waals surface area contributed by atoms with Crippen LogP contribution in [0.3, 0.4) is 0 Å². The first-order valence-electron chi connectivity index (χ1n) is 9.40. The molecule has 29 heavy (non-hydrogen) atoms. The number of benzene rings is 2. The van der Waals surface area contributed by atoms with Crippen molar-refractivity contribution in [3.05, 3.63) is 57.3 Å². The minimum absolute atomic E-state index is 0.0816. The highest BCUT2D eigenvalue weighted by Crippen LogP contribution is 2.36. The summed E-state index contributed by atoms with van der Waals surface area (Å²) in [5, 5.41) is 1.23. The molecule has 0 spiro atoms. The summed E-state index contributed by atoms with van der Waals surface area (Å²) in [5.74, 6) is -0.793. The number of aryl methyl sites for hydroxylation is 1. The van der Waals surface area contributed by atoms with E-state index >= 15 is 0 Å². The van der Waals surface area contributed by atoms with Crippen LogP contribution in [0.1, 0.15) is 29.8 Å². The average Bonchev–Trinajstić information content (AvgIpc) is 3.14. The van der Waals surface area contributed by atoms with Crippen molar-refractivity contribution >= 4 is 55.8 Å². The molecule has 2 aromatic carbocycles. The Kier molecular flexibility index (Phi) is 7.11. The third kappa shape index (κ3) is 4.72. The fourth-order valence-electron chi connectivity index (χ4n) is 3.08. The number of thiazole rings is 1. The van der Waals surface area contributed by atoms with Gasteiger partial charge in [0.1, 0.15) is 5.82 Å². The van der Waals surface area contributed by atoms with Crippen LogP contribution in [0.25, 0.3) is 10.2 Å². The number of hydrogen-bond donors (Lipinski definition) is 0. The minimum atomic E-state index is -0.483. The fourth-order valence-corrected chi connectivity index (χ4v) is 4.67. The maximum atomic E-state index is 13.5. The van der Waals surface area contributed by atoms with Gasteiger partial charge in [0.15, 0.2) is 5.13 Å². The Morgan fingerprint density at radius 3 is 2.45 bits per heavy atom. The Morgan fingerprint density at radius 2 is 1.83 bits per heavy atom. The molecule has 1 amide bonds. The van der Waals surface area contributed by atoms with Crippen molar-refractivity contribution in [3.63, 3.8) is 0 Å². The van der Waals surface area contributed by atoms with Crippen LogP contribution in [0.5, 0.6) is 0 Å². The summed E-state index contributed by atoms with van der Waals surface area (Å²) in [4.78, 5) is 21.9. The van der Waals surface area contributed by atoms with Gasteiger partial charge in [0, 0.05) is 13.1 Å². The monoisotopic (exact) mass is 453 g/mol. The third-order valence-corrected chi connectivity index (χ3v) is 6.71. The Hall–Kier alpha value is -1.73. The molecule has 154 valence electrons. The molecule has 0 aliphatic heterocycles. The van der Waals surface area contributed by atoms with E-state index in [1.54, 1.807) is 4.90 Å². The maximum Gasteiger partial charge on any atom is 0.261 e. The van der Waals surface area contributed by atoms with Gasteiger partial charge < -0.3 is 4.90 Å². The lowest BCUT2D eigenvalue weighted by molar-refractivity contribution is 0.0984. The molecule has 1 aromatic heterocycles. The van der Waals surface area contributed by atoms with E-state index in [0.29, 0.717) is 23.2 Å². The first-order chi connectivity index (χ1) is 13.8. The molecule has 4 nitrogen and oxygen atoms in total. The molecule has 0 aliphatic carbocycles. The number of aromatic nitrogens is 1. The highest BCUT2D eigenvalue weighted by atomic mass is 35.5. The van der Waals surface area contributed by atoms with Gasteiger partial charge in [-0.05, 0) is 49.8 Å². The predicted octanol–water partition coefficient (Wildman–Crippen LogP) is 6.04. The van der Waals surface area contributed by atoms with E-state index in [4.69, 9.17) is 28.2 Å². The quantitative estimate of drug-likeness (QED) is 0.437. The Bertz CT molecular complexity index is 997. The van der Waals surface area contributed by atoms with Gasteiger partial charge in [-0.2, -0.15) is 0 Å². The second-order valence-corrected chi connectivity index (χ2v) is 8.44. The highest BCUT2D eigenvalue weighted by molar-refractivity contribution is 7.23. The number of hydrogen-bond acceptors (Lipinski definition) is 4. The molecular weight excluding hydrogens is 432 g/mol. The van der Waals surface area contributed by atoms with Crippen molar-refractivity contribution in [3.8, 4) is 0 Å². The van der Waals surface area contributed by atoms with E-state index in [9.17, 15) is 9.18 Å². The van der Waals surface area contributed by atoms with Gasteiger partial charge in [-0.1, -0.05) is 54.5 Å². The molecule has 0 fully saturated rings. The molecule has 0 N–H and O–H groups in total. The lowest BCUT2D eigenvalue weighted by Crippen LogP contribution is -2.39. The lowest BCUT2D eigenvalue weighted by atomic mass is 10.2. The zero-order valence-electron chi connectivity index (χ0n) is 16.5. The fraction of sp³-hybridized carbons (Fsp3) is 0.333. The summed E-state index contributed by atoms with van der Waals surface area (Å²) >= 11 is 13.9. The highest BCUT2D eigenvalue weighted by Gasteiger charge is 2.24. The summed E-state index contributed by atoms with van der Waals surface area (Å²) in [6.45, 7) is 8.98. The second-order valence-electron chi connectivity index (χ2n) is 6.65. The van der Waals surface area contributed by atoms with Crippen LogP contribution in [0.4, 0.5) is 9.52 Å². The predicted molar refractivity (Wildman–Crippen MR) is 120 cm³/mol. The van der Waals surface area contributed by atoms with E-state index in [1.165, 1.54) is 23.5 Å². The molecule has 0 unspecified atom stereocenters. The topological polar surface area (TPSA) is 36.4 Å². The molecule has 8 heteroatoms. The van der Waals surface area contributed by atoms with Crippen molar-refractivity contribution in [2.75, 3.05) is 31.1 Å². The molecule has 0 radical (unpaired) electrons. The van der Waals surface area contributed by atoms with Crippen LogP contribution >= 0.6 is 34.5 Å². The van der Waals surface area contributed by atoms with Crippen LogP contribution in [0, 0.1) is 12.7 Å². The van der Waals surface area contributed by atoms with Crippen LogP contribution < -0.4 is 4.90 Å². The van der Waals surface area contributed by atoms with E-state index in [-0.39, 0.29) is 16.5 Å². The number of anilines is 1. The smallest absolute Gasteiger partial charge is 0.261 e. The van der Waals surface area contributed by atoms with Crippen LogP contribution in [0.2, 0.25) is 10.0 Å². The second kappa shape index (κ2) is 9.39. The number of carbonyl (C=O) groups is 1. The average molecular weight is 454 g/mol. The van der Waals surface area contributed by atoms with E-state index < -0.39 is 5.82 Å². The number of likely N-dealkylation sites (N-methyl/N-ethyl adjacent to an activating group) is 1. The summed E-state index contributed by atoms with van der Waals surface area (Å²) in [7, 11) is 0. The molecule has 0 atom stereocenters. The largest absolute Gasteiger partial charge is 0.302 e. The number of halogens is 3. The van der Waals surface area contributed by atoms with Crippen molar-refractivity contribution in [2.24, 2.45) is 0 Å². The third-order valence-electron chi connectivity index (χ3n) is 4.86. The van der Waals surface area contributed by atoms with Gasteiger partial charge in [0.25, 0.3) is 5.91 Å². The molecule has 0 saturated carbocycles. The number of amides is 1. The molecule has 3 aromatic rings. The molecule has 3 rings (SSSR count). The van der Waals surface area contributed by atoms with Crippen LogP contribution in [-0.4, -0.2) is 42.0 Å². The molecule has 0 saturated heterocycles. The van der Waals surface area contributed by atoms with Crippen molar-refractivity contribution < 1.29 is 9.18 Å². The van der Waals surface area contributed by atoms with Gasteiger partial charge >= 0.3 is 0 Å². The van der Waals surface area contributed by atoms with Gasteiger partial charge in [-0.15, -0.1) is 0 Å². The van der Waals surface area contributed by atoms with Crippen molar-refractivity contribution in [2.45, 2.75) is 20.8 Å². The number of rotatable bonds is 7. The maximum absolute atomic E-state index is 13.5. The summed E-state index contributed by atoms with van der Waals surface area (Å²) < 4.78 is 14.3. The standard InChI is InChI=1S/C21H22Cl2FN3OS/c1-4-26(5-2)10-11-27(20(28)15-8-7-14(24)12-17(15)23)21-25-18-13(3)6-9-16(22)19(18)29-21/h6-9,12H,4-5,10-11H2,1-3H3. The number of nitrogens with zero attached hydrogens (tertiary/aromatic N) is 3. The Balaban J connectivity index is 2.04. The van der Waals surface area contributed by atoms with E-state index in [2.05, 4.69) is 18.7 Å². The van der Waals surface area contributed by atoms with Crippen molar-refractivity contribution in [1.82, 2.24) is 9.88 Å². The lowest BCUT2D eigenvalue weighted by Gasteiger charge is -2.25. The summed E-state index contributed by atoms with van der Waals surface area (Å²) in [5.41, 5.74) is 2.01. The normalized spacial score (nSPS) is 11.4. The molecular formula is C21H22Cl2FN3OS. The van der Waals surface area contributed by atoms with Gasteiger partial charge in [-0.3, -0.25) is 9.69 Å². The van der Waals surface area contributed by atoms with E-state index in [0.717, 1.165) is 34.9 Å². The van der Waals surface area contributed by atoms with Crippen LogP contribution in [-0.2, 0) is 0 Å². The zero-order valence-corrected chi connectivity index (χ0v) is 18.8. The molecule has 1 heterocycles. The van der Waals surface area contributed by atoms with Gasteiger partial charge in [-0.25, -0.2) is 9.37 Å². The number of fused-ring (bicyclic) bond motifs is 1. The Labute approximate surface area is 183 Å². The number of carbonyl (C=O) groups excluding carboxylic acids is 1. The van der Waals surface area contributed by atoms with Crippen LogP contribution in [0.15, 0.2) is 30.3 Å². The Morgan fingerprint density at radius 1 is 1.10 bits per heavy atom. The van der Waals surface area contributed by atoms with E-state index in [1.807, 2.05) is 19.1 Å². The first kappa shape index (κ1) is 22.0. The summed E-state index contributed by atoms with van der Waals surface area (Å²) in [6.07, 6.45) is 0. The first-order valence-corrected chi connectivity index (χ1v) is 11.0. The van der Waals surface area contributed by atoms with Gasteiger partial charge in [0.2, 0.25) is 0 Å². The molecule has 0 aliphatic rings. The summed E-state index contributed by atoms with van der Waals surface area (Å²) in [6, 6.07) is 7.54. The minimum Gasteiger partial charge on any atom is -0.302 e. The van der Waals surface area contributed by atoms with Crippen molar-refractivity contribution in [1.29, 1.82) is 0 Å². The van der Waals surface area contributed by atoms with Gasteiger partial charge in [0.05, 0.1) is 25.8 Å².